The third kappa shape index (κ3) is 10.5. The van der Waals surface area contributed by atoms with Crippen molar-refractivity contribution in [3.8, 4) is 0 Å². The summed E-state index contributed by atoms with van der Waals surface area (Å²) in [5.41, 5.74) is 4.83. The molecule has 1 rings (SSSR count). The number of rotatable bonds is 14. The molecule has 0 aliphatic heterocycles. The number of alkyl halides is 3. The monoisotopic (exact) mass is 451 g/mol. The van der Waals surface area contributed by atoms with Gasteiger partial charge in [0.05, 0.1) is 24.3 Å². The molecule has 174 valence electrons. The van der Waals surface area contributed by atoms with Gasteiger partial charge in [-0.1, -0.05) is 38.7 Å². The van der Waals surface area contributed by atoms with Gasteiger partial charge in [-0.25, -0.2) is 0 Å². The topological polar surface area (TPSA) is 75.7 Å². The first-order valence-corrected chi connectivity index (χ1v) is 11.5. The normalized spacial score (nSPS) is 14.7. The lowest BCUT2D eigenvalue weighted by molar-refractivity contribution is -0.188. The molecule has 30 heavy (non-hydrogen) atoms. The molecule has 0 aliphatic rings. The third-order valence-corrected chi connectivity index (χ3v) is 5.95. The maximum absolute atomic E-state index is 13.6. The molecule has 8 heteroatoms. The van der Waals surface area contributed by atoms with Crippen LogP contribution in [0.25, 0.3) is 0 Å². The highest BCUT2D eigenvalue weighted by molar-refractivity contribution is 7.99. The Morgan fingerprint density at radius 2 is 1.77 bits per heavy atom. The summed E-state index contributed by atoms with van der Waals surface area (Å²) in [6, 6.07) is 4.39. The standard InChI is InChI=1S/C22H36F3NO3S/c1-4-5-6-7-8-13-30-19-10-9-17(14-18(19)22(23,24)25)11-12-21(26,15-27)16-29-20(2,3)28/h9-10,14,27-28H,4-8,11-13,15-16,26H2,1-3H3. The SMILES string of the molecule is CCCCCCCSc1ccc(CCC(N)(CO)COC(C)(C)O)cc1C(F)(F)F. The molecule has 0 radical (unpaired) electrons. The zero-order valence-corrected chi connectivity index (χ0v) is 19.0. The average Bonchev–Trinajstić information content (AvgIpc) is 2.66. The minimum Gasteiger partial charge on any atom is -0.394 e. The van der Waals surface area contributed by atoms with Crippen LogP contribution >= 0.6 is 11.8 Å². The van der Waals surface area contributed by atoms with E-state index < -0.39 is 29.7 Å². The summed E-state index contributed by atoms with van der Waals surface area (Å²) in [6.07, 6.45) is 1.40. The summed E-state index contributed by atoms with van der Waals surface area (Å²) in [5.74, 6) is -0.741. The summed E-state index contributed by atoms with van der Waals surface area (Å²) in [7, 11) is 0. The summed E-state index contributed by atoms with van der Waals surface area (Å²) < 4.78 is 45.9. The zero-order chi connectivity index (χ0) is 22.8. The van der Waals surface area contributed by atoms with Crippen molar-refractivity contribution in [3.05, 3.63) is 29.3 Å². The molecule has 0 spiro atoms. The number of hydrogen-bond donors (Lipinski definition) is 3. The van der Waals surface area contributed by atoms with Crippen LogP contribution in [0.1, 0.15) is 70.4 Å². The van der Waals surface area contributed by atoms with Crippen LogP contribution in [0.5, 0.6) is 0 Å². The highest BCUT2D eigenvalue weighted by Gasteiger charge is 2.34. The van der Waals surface area contributed by atoms with Gasteiger partial charge in [-0.15, -0.1) is 11.8 Å². The van der Waals surface area contributed by atoms with Crippen LogP contribution in [-0.2, 0) is 17.3 Å². The number of aliphatic hydroxyl groups excluding tert-OH is 1. The Balaban J connectivity index is 2.77. The van der Waals surface area contributed by atoms with Gasteiger partial charge < -0.3 is 20.7 Å². The van der Waals surface area contributed by atoms with Gasteiger partial charge in [-0.2, -0.15) is 13.2 Å². The summed E-state index contributed by atoms with van der Waals surface area (Å²) in [4.78, 5) is 0.244. The Labute approximate surface area is 182 Å². The van der Waals surface area contributed by atoms with Crippen molar-refractivity contribution < 1.29 is 28.1 Å². The molecule has 0 aromatic heterocycles. The largest absolute Gasteiger partial charge is 0.417 e. The lowest BCUT2D eigenvalue weighted by atomic mass is 9.93. The van der Waals surface area contributed by atoms with Gasteiger partial charge in [0.2, 0.25) is 0 Å². The first kappa shape index (κ1) is 27.2. The van der Waals surface area contributed by atoms with E-state index in [1.165, 1.54) is 37.7 Å². The molecule has 4 nitrogen and oxygen atoms in total. The quantitative estimate of drug-likeness (QED) is 0.208. The number of aliphatic hydroxyl groups is 2. The number of unbranched alkanes of at least 4 members (excludes halogenated alkanes) is 4. The van der Waals surface area contributed by atoms with Crippen LogP contribution < -0.4 is 5.73 Å². The fraction of sp³-hybridized carbons (Fsp3) is 0.727. The van der Waals surface area contributed by atoms with Gasteiger partial charge >= 0.3 is 6.18 Å². The second-order valence-corrected chi connectivity index (χ2v) is 9.48. The fourth-order valence-corrected chi connectivity index (χ4v) is 3.94. The number of benzene rings is 1. The Morgan fingerprint density at radius 1 is 1.10 bits per heavy atom. The average molecular weight is 452 g/mol. The van der Waals surface area contributed by atoms with Crippen LogP contribution in [0.4, 0.5) is 13.2 Å². The smallest absolute Gasteiger partial charge is 0.394 e. The highest BCUT2D eigenvalue weighted by Crippen LogP contribution is 2.38. The van der Waals surface area contributed by atoms with E-state index in [0.29, 0.717) is 11.3 Å². The molecule has 0 heterocycles. The van der Waals surface area contributed by atoms with E-state index in [-0.39, 0.29) is 24.3 Å². The summed E-state index contributed by atoms with van der Waals surface area (Å²) in [5, 5.41) is 19.3. The molecular weight excluding hydrogens is 415 g/mol. The lowest BCUT2D eigenvalue weighted by Gasteiger charge is -2.30. The molecule has 4 N–H and O–H groups in total. The predicted molar refractivity (Wildman–Crippen MR) is 116 cm³/mol. The van der Waals surface area contributed by atoms with E-state index in [2.05, 4.69) is 6.92 Å². The lowest BCUT2D eigenvalue weighted by Crippen LogP contribution is -2.50. The Kier molecular flexibility index (Phi) is 11.2. The van der Waals surface area contributed by atoms with Crippen molar-refractivity contribution in [3.63, 3.8) is 0 Å². The van der Waals surface area contributed by atoms with Crippen LogP contribution in [0.3, 0.4) is 0 Å². The number of halogens is 3. The van der Waals surface area contributed by atoms with E-state index in [1.807, 2.05) is 0 Å². The van der Waals surface area contributed by atoms with Crippen molar-refractivity contribution in [1.29, 1.82) is 0 Å². The van der Waals surface area contributed by atoms with Crippen molar-refractivity contribution >= 4 is 11.8 Å². The Morgan fingerprint density at radius 3 is 2.33 bits per heavy atom. The molecule has 0 amide bonds. The van der Waals surface area contributed by atoms with E-state index in [1.54, 1.807) is 6.07 Å². The van der Waals surface area contributed by atoms with Crippen LogP contribution in [0.15, 0.2) is 23.1 Å². The van der Waals surface area contributed by atoms with E-state index in [4.69, 9.17) is 10.5 Å². The maximum atomic E-state index is 13.6. The summed E-state index contributed by atoms with van der Waals surface area (Å²) in [6.45, 7) is 4.51. The highest BCUT2D eigenvalue weighted by atomic mass is 32.2. The fourth-order valence-electron chi connectivity index (χ4n) is 2.88. The van der Waals surface area contributed by atoms with Gasteiger partial charge in [0, 0.05) is 4.90 Å². The van der Waals surface area contributed by atoms with Gasteiger partial charge in [-0.05, 0) is 56.6 Å². The zero-order valence-electron chi connectivity index (χ0n) is 18.2. The molecule has 0 aliphatic carbocycles. The first-order valence-electron chi connectivity index (χ1n) is 10.5. The minimum absolute atomic E-state index is 0.106. The van der Waals surface area contributed by atoms with E-state index in [0.717, 1.165) is 32.1 Å². The number of thioether (sulfide) groups is 1. The second-order valence-electron chi connectivity index (χ2n) is 8.35. The van der Waals surface area contributed by atoms with Crippen LogP contribution in [0.2, 0.25) is 0 Å². The Hall–Kier alpha value is -0.800. The predicted octanol–water partition coefficient (Wildman–Crippen LogP) is 5.14. The van der Waals surface area contributed by atoms with Crippen LogP contribution in [0, 0.1) is 0 Å². The maximum Gasteiger partial charge on any atom is 0.417 e. The van der Waals surface area contributed by atoms with Crippen molar-refractivity contribution in [2.75, 3.05) is 19.0 Å². The molecule has 0 saturated heterocycles. The van der Waals surface area contributed by atoms with Crippen molar-refractivity contribution in [2.45, 2.75) is 88.1 Å². The number of hydrogen-bond acceptors (Lipinski definition) is 5. The molecule has 1 atom stereocenters. The first-order chi connectivity index (χ1) is 13.9. The molecule has 1 unspecified atom stereocenters. The number of ether oxygens (including phenoxy) is 1. The molecule has 0 bridgehead atoms. The number of nitrogens with two attached hydrogens (primary N) is 1. The molecular formula is C22H36F3NO3S. The summed E-state index contributed by atoms with van der Waals surface area (Å²) >= 11 is 1.25. The molecule has 0 saturated carbocycles. The van der Waals surface area contributed by atoms with Crippen molar-refractivity contribution in [1.82, 2.24) is 0 Å². The Bertz CT molecular complexity index is 635. The minimum atomic E-state index is -4.43. The van der Waals surface area contributed by atoms with Crippen molar-refractivity contribution in [2.24, 2.45) is 5.73 Å². The van der Waals surface area contributed by atoms with Crippen LogP contribution in [-0.4, -0.2) is 40.5 Å². The second kappa shape index (κ2) is 12.3. The van der Waals surface area contributed by atoms with Gasteiger partial charge in [0.15, 0.2) is 5.79 Å². The molecule has 1 aromatic rings. The third-order valence-electron chi connectivity index (χ3n) is 4.79. The van der Waals surface area contributed by atoms with E-state index >= 15 is 0 Å². The molecule has 0 fully saturated rings. The van der Waals surface area contributed by atoms with Gasteiger partial charge in [0.25, 0.3) is 0 Å². The van der Waals surface area contributed by atoms with Gasteiger partial charge in [0.1, 0.15) is 0 Å². The molecule has 1 aromatic carbocycles. The van der Waals surface area contributed by atoms with Gasteiger partial charge in [-0.3, -0.25) is 0 Å². The number of aryl methyl sites for hydroxylation is 1. The van der Waals surface area contributed by atoms with E-state index in [9.17, 15) is 23.4 Å².